The van der Waals surface area contributed by atoms with E-state index >= 15 is 0 Å². The maximum absolute atomic E-state index is 12.2. The van der Waals surface area contributed by atoms with Gasteiger partial charge in [-0.3, -0.25) is 9.00 Å². The number of hydrogen-bond acceptors (Lipinski definition) is 2. The van der Waals surface area contributed by atoms with Crippen molar-refractivity contribution in [1.29, 1.82) is 0 Å². The van der Waals surface area contributed by atoms with E-state index < -0.39 is 10.8 Å². The largest absolute Gasteiger partial charge is 0.293 e. The number of hydrogen-bond donors (Lipinski definition) is 0. The van der Waals surface area contributed by atoms with Gasteiger partial charge in [0.05, 0.1) is 5.75 Å². The zero-order chi connectivity index (χ0) is 15.4. The van der Waals surface area contributed by atoms with Gasteiger partial charge in [-0.1, -0.05) is 57.4 Å². The molecule has 1 atom stereocenters. The highest BCUT2D eigenvalue weighted by Gasteiger charge is 2.11. The second-order valence-electron chi connectivity index (χ2n) is 5.15. The van der Waals surface area contributed by atoms with Crippen LogP contribution in [-0.2, 0) is 16.6 Å². The van der Waals surface area contributed by atoms with Crippen molar-refractivity contribution in [2.75, 3.05) is 5.75 Å². The molecular weight excluding hydrogens is 348 g/mol. The third-order valence-corrected chi connectivity index (χ3v) is 4.84. The minimum atomic E-state index is -1.18. The summed E-state index contributed by atoms with van der Waals surface area (Å²) in [6, 6.07) is 13.3. The molecule has 0 radical (unpaired) electrons. The van der Waals surface area contributed by atoms with Crippen LogP contribution in [0.5, 0.6) is 0 Å². The van der Waals surface area contributed by atoms with Gasteiger partial charge in [0.1, 0.15) is 0 Å². The first kappa shape index (κ1) is 16.1. The quantitative estimate of drug-likeness (QED) is 0.745. The monoisotopic (exact) mass is 364 g/mol. The van der Waals surface area contributed by atoms with E-state index in [1.54, 1.807) is 12.1 Å². The first-order chi connectivity index (χ1) is 9.94. The van der Waals surface area contributed by atoms with Gasteiger partial charge in [0.25, 0.3) is 0 Å². The number of aryl methyl sites for hydroxylation is 2. The van der Waals surface area contributed by atoms with Crippen LogP contribution in [0.25, 0.3) is 0 Å². The molecule has 21 heavy (non-hydrogen) atoms. The van der Waals surface area contributed by atoms with Gasteiger partial charge in [0, 0.05) is 26.6 Å². The Hall–Kier alpha value is -1.26. The second kappa shape index (κ2) is 7.14. The van der Waals surface area contributed by atoms with E-state index in [0.29, 0.717) is 11.3 Å². The molecule has 1 unspecified atom stereocenters. The molecule has 110 valence electrons. The first-order valence-electron chi connectivity index (χ1n) is 6.65. The Morgan fingerprint density at radius 2 is 1.62 bits per heavy atom. The smallest absolute Gasteiger partial charge is 0.175 e. The number of rotatable bonds is 5. The van der Waals surface area contributed by atoms with E-state index in [1.165, 1.54) is 0 Å². The fourth-order valence-electron chi connectivity index (χ4n) is 2.25. The molecule has 0 aliphatic heterocycles. The van der Waals surface area contributed by atoms with Crippen LogP contribution < -0.4 is 0 Å². The van der Waals surface area contributed by atoms with Gasteiger partial charge < -0.3 is 0 Å². The maximum Gasteiger partial charge on any atom is 0.175 e. The predicted octanol–water partition coefficient (Wildman–Crippen LogP) is 4.20. The topological polar surface area (TPSA) is 34.1 Å². The molecule has 0 saturated heterocycles. The van der Waals surface area contributed by atoms with Crippen LogP contribution in [-0.4, -0.2) is 15.7 Å². The van der Waals surface area contributed by atoms with Crippen molar-refractivity contribution in [3.8, 4) is 0 Å². The molecule has 0 heterocycles. The molecule has 0 aliphatic rings. The third-order valence-electron chi connectivity index (χ3n) is 3.07. The number of benzene rings is 2. The summed E-state index contributed by atoms with van der Waals surface area (Å²) in [5, 5.41) is 0. The van der Waals surface area contributed by atoms with Gasteiger partial charge in [0.15, 0.2) is 5.78 Å². The normalized spacial score (nSPS) is 12.1. The van der Waals surface area contributed by atoms with E-state index in [9.17, 15) is 9.00 Å². The SMILES string of the molecule is Cc1cc(C)cc(CS(=O)CC(=O)c2ccc(Br)cc2)c1. The number of halogens is 1. The minimum Gasteiger partial charge on any atom is -0.293 e. The second-order valence-corrected chi connectivity index (χ2v) is 7.53. The Labute approximate surface area is 136 Å². The summed E-state index contributed by atoms with van der Waals surface area (Å²) in [6.07, 6.45) is 0. The van der Waals surface area contributed by atoms with Crippen molar-refractivity contribution in [1.82, 2.24) is 0 Å². The fraction of sp³-hybridized carbons (Fsp3) is 0.235. The molecule has 2 nitrogen and oxygen atoms in total. The minimum absolute atomic E-state index is 0.0641. The average molecular weight is 365 g/mol. The molecule has 0 aliphatic carbocycles. The lowest BCUT2D eigenvalue weighted by Gasteiger charge is -2.05. The van der Waals surface area contributed by atoms with Crippen molar-refractivity contribution >= 4 is 32.5 Å². The highest BCUT2D eigenvalue weighted by atomic mass is 79.9. The van der Waals surface area contributed by atoms with E-state index in [4.69, 9.17) is 0 Å². The highest BCUT2D eigenvalue weighted by Crippen LogP contribution is 2.13. The van der Waals surface area contributed by atoms with Crippen LogP contribution in [0.1, 0.15) is 27.0 Å². The van der Waals surface area contributed by atoms with Gasteiger partial charge >= 0.3 is 0 Å². The lowest BCUT2D eigenvalue weighted by atomic mass is 10.1. The molecule has 2 aromatic rings. The molecular formula is C17H17BrO2S. The van der Waals surface area contributed by atoms with E-state index in [0.717, 1.165) is 21.2 Å². The summed E-state index contributed by atoms with van der Waals surface area (Å²) < 4.78 is 13.1. The standard InChI is InChI=1S/C17H17BrO2S/c1-12-7-13(2)9-14(8-12)10-21(20)11-17(19)15-3-5-16(18)6-4-15/h3-9H,10-11H2,1-2H3. The maximum atomic E-state index is 12.2. The van der Waals surface area contributed by atoms with Gasteiger partial charge in [-0.15, -0.1) is 0 Å². The number of ketones is 1. The van der Waals surface area contributed by atoms with Gasteiger partial charge in [-0.25, -0.2) is 0 Å². The summed E-state index contributed by atoms with van der Waals surface area (Å²) in [6.45, 7) is 4.04. The van der Waals surface area contributed by atoms with Gasteiger partial charge in [-0.05, 0) is 31.5 Å². The summed E-state index contributed by atoms with van der Waals surface area (Å²) in [7, 11) is -1.18. The van der Waals surface area contributed by atoms with E-state index in [1.807, 2.05) is 38.1 Å². The zero-order valence-electron chi connectivity index (χ0n) is 12.1. The molecule has 0 aromatic heterocycles. The third kappa shape index (κ3) is 4.90. The first-order valence-corrected chi connectivity index (χ1v) is 8.93. The molecule has 0 bridgehead atoms. The number of carbonyl (C=O) groups excluding carboxylic acids is 1. The van der Waals surface area contributed by atoms with Crippen molar-refractivity contribution in [3.63, 3.8) is 0 Å². The van der Waals surface area contributed by atoms with Gasteiger partial charge in [-0.2, -0.15) is 0 Å². The molecule has 0 N–H and O–H groups in total. The number of Topliss-reactive ketones (excluding diaryl/α,β-unsaturated/α-hetero) is 1. The Balaban J connectivity index is 2.01. The lowest BCUT2D eigenvalue weighted by Crippen LogP contribution is -2.12. The van der Waals surface area contributed by atoms with E-state index in [-0.39, 0.29) is 11.5 Å². The summed E-state index contributed by atoms with van der Waals surface area (Å²) in [4.78, 5) is 12.1. The highest BCUT2D eigenvalue weighted by molar-refractivity contribution is 9.10. The molecule has 4 heteroatoms. The van der Waals surface area contributed by atoms with Crippen molar-refractivity contribution < 1.29 is 9.00 Å². The summed E-state index contributed by atoms with van der Waals surface area (Å²) in [5.41, 5.74) is 3.93. The Kier molecular flexibility index (Phi) is 5.48. The van der Waals surface area contributed by atoms with Crippen LogP contribution in [0.4, 0.5) is 0 Å². The summed E-state index contributed by atoms with van der Waals surface area (Å²) in [5.74, 6) is 0.407. The average Bonchev–Trinajstić information content (AvgIpc) is 2.37. The van der Waals surface area contributed by atoms with Crippen LogP contribution >= 0.6 is 15.9 Å². The summed E-state index contributed by atoms with van der Waals surface area (Å²) >= 11 is 3.33. The Morgan fingerprint density at radius 3 is 2.19 bits per heavy atom. The van der Waals surface area contributed by atoms with Crippen LogP contribution in [0.2, 0.25) is 0 Å². The van der Waals surface area contributed by atoms with Crippen LogP contribution in [0.15, 0.2) is 46.9 Å². The fourth-order valence-corrected chi connectivity index (χ4v) is 3.62. The zero-order valence-corrected chi connectivity index (χ0v) is 14.5. The Morgan fingerprint density at radius 1 is 1.05 bits per heavy atom. The molecule has 0 amide bonds. The predicted molar refractivity (Wildman–Crippen MR) is 91.1 cm³/mol. The van der Waals surface area contributed by atoms with Crippen molar-refractivity contribution in [3.05, 3.63) is 69.2 Å². The molecule has 2 rings (SSSR count). The lowest BCUT2D eigenvalue weighted by molar-refractivity contribution is 0.102. The van der Waals surface area contributed by atoms with E-state index in [2.05, 4.69) is 22.0 Å². The molecule has 0 saturated carbocycles. The number of carbonyl (C=O) groups is 1. The van der Waals surface area contributed by atoms with Crippen molar-refractivity contribution in [2.24, 2.45) is 0 Å². The van der Waals surface area contributed by atoms with Crippen molar-refractivity contribution in [2.45, 2.75) is 19.6 Å². The van der Waals surface area contributed by atoms with Crippen LogP contribution in [0, 0.1) is 13.8 Å². The molecule has 0 fully saturated rings. The molecule has 2 aromatic carbocycles. The Bertz CT molecular complexity index is 657. The van der Waals surface area contributed by atoms with Gasteiger partial charge in [0.2, 0.25) is 0 Å². The molecule has 0 spiro atoms. The van der Waals surface area contributed by atoms with Crippen LogP contribution in [0.3, 0.4) is 0 Å².